The molecule has 0 spiro atoms. The fraction of sp³-hybridized carbons (Fsp3) is 0.280. The molecule has 192 valence electrons. The molecular formula is C25H25ClN6O5. The molecule has 0 radical (unpaired) electrons. The van der Waals surface area contributed by atoms with Crippen LogP contribution in [0.15, 0.2) is 48.5 Å². The molecule has 0 saturated heterocycles. The lowest BCUT2D eigenvalue weighted by atomic mass is 9.98. The van der Waals surface area contributed by atoms with Gasteiger partial charge in [-0.2, -0.15) is 5.21 Å². The molecular weight excluding hydrogens is 500 g/mol. The maximum atomic E-state index is 12.8. The molecule has 0 saturated carbocycles. The van der Waals surface area contributed by atoms with Crippen molar-refractivity contribution in [2.45, 2.75) is 32.7 Å². The number of nitrogens with zero attached hydrogens (tertiary/aromatic N) is 5. The molecule has 0 fully saturated rings. The number of aryl methyl sites for hydroxylation is 1. The molecule has 4 rings (SSSR count). The number of hydrogen-bond acceptors (Lipinski definition) is 9. The lowest BCUT2D eigenvalue weighted by molar-refractivity contribution is -0.0227. The first-order chi connectivity index (χ1) is 18.0. The van der Waals surface area contributed by atoms with E-state index in [1.54, 1.807) is 4.57 Å². The summed E-state index contributed by atoms with van der Waals surface area (Å²) in [5.74, 6) is 0.418. The number of H-pyrrole nitrogens is 1. The zero-order valence-corrected chi connectivity index (χ0v) is 21.1. The van der Waals surface area contributed by atoms with Gasteiger partial charge in [-0.25, -0.2) is 14.6 Å². The molecule has 0 amide bonds. The third-order valence-electron chi connectivity index (χ3n) is 5.60. The fourth-order valence-electron chi connectivity index (χ4n) is 3.79. The van der Waals surface area contributed by atoms with Crippen molar-refractivity contribution in [3.8, 4) is 22.5 Å². The summed E-state index contributed by atoms with van der Waals surface area (Å²) >= 11 is 6.35. The lowest BCUT2D eigenvalue weighted by Gasteiger charge is -2.13. The third kappa shape index (κ3) is 6.12. The van der Waals surface area contributed by atoms with Crippen LogP contribution in [-0.4, -0.2) is 56.2 Å². The van der Waals surface area contributed by atoms with E-state index in [2.05, 4.69) is 42.0 Å². The topological polar surface area (TPSA) is 134 Å². The molecule has 0 bridgehead atoms. The van der Waals surface area contributed by atoms with Crippen LogP contribution in [0.4, 0.5) is 4.79 Å². The van der Waals surface area contributed by atoms with Gasteiger partial charge in [0, 0.05) is 18.5 Å². The number of carbonyl (C=O) groups excluding carboxylic acids is 2. The maximum Gasteiger partial charge on any atom is 0.510 e. The number of rotatable bonds is 10. The number of unbranched alkanes of at least 4 members (excludes halogenated alkanes) is 1. The largest absolute Gasteiger partial charge is 0.510 e. The fourth-order valence-corrected chi connectivity index (χ4v) is 4.07. The van der Waals surface area contributed by atoms with Crippen molar-refractivity contribution in [2.75, 3.05) is 13.9 Å². The Labute approximate surface area is 217 Å². The molecule has 11 nitrogen and oxygen atoms in total. The van der Waals surface area contributed by atoms with Crippen LogP contribution < -0.4 is 0 Å². The smallest absolute Gasteiger partial charge is 0.438 e. The molecule has 0 atom stereocenters. The number of esters is 1. The molecule has 0 aliphatic carbocycles. The first-order valence-electron chi connectivity index (χ1n) is 11.6. The highest BCUT2D eigenvalue weighted by molar-refractivity contribution is 6.32. The van der Waals surface area contributed by atoms with Crippen molar-refractivity contribution in [2.24, 2.45) is 0 Å². The molecule has 4 aromatic rings. The quantitative estimate of drug-likeness (QED) is 0.232. The minimum absolute atomic E-state index is 0.0276. The summed E-state index contributed by atoms with van der Waals surface area (Å²) in [7, 11) is 1.16. The second-order valence-electron chi connectivity index (χ2n) is 7.98. The minimum Gasteiger partial charge on any atom is -0.438 e. The Morgan fingerprint density at radius 2 is 1.81 bits per heavy atom. The molecule has 0 aliphatic heterocycles. The predicted octanol–water partition coefficient (Wildman–Crippen LogP) is 4.67. The van der Waals surface area contributed by atoms with E-state index in [-0.39, 0.29) is 10.8 Å². The van der Waals surface area contributed by atoms with E-state index < -0.39 is 18.9 Å². The van der Waals surface area contributed by atoms with E-state index in [1.165, 1.54) is 0 Å². The van der Waals surface area contributed by atoms with E-state index in [1.807, 2.05) is 48.5 Å². The number of aromatic amines is 1. The van der Waals surface area contributed by atoms with Crippen molar-refractivity contribution in [1.82, 2.24) is 30.2 Å². The third-order valence-corrected chi connectivity index (χ3v) is 5.87. The summed E-state index contributed by atoms with van der Waals surface area (Å²) in [6, 6.07) is 15.7. The van der Waals surface area contributed by atoms with Gasteiger partial charge in [-0.15, -0.1) is 10.2 Å². The van der Waals surface area contributed by atoms with Gasteiger partial charge in [-0.3, -0.25) is 0 Å². The van der Waals surface area contributed by atoms with Gasteiger partial charge < -0.3 is 18.8 Å². The van der Waals surface area contributed by atoms with Crippen LogP contribution in [0.5, 0.6) is 0 Å². The molecule has 1 N–H and O–H groups in total. The first kappa shape index (κ1) is 25.8. The highest BCUT2D eigenvalue weighted by Gasteiger charge is 2.24. The molecule has 2 aromatic heterocycles. The van der Waals surface area contributed by atoms with Gasteiger partial charge in [0.2, 0.25) is 12.6 Å². The van der Waals surface area contributed by atoms with Gasteiger partial charge in [0.1, 0.15) is 5.82 Å². The number of nitrogens with one attached hydrogen (secondary N) is 1. The highest BCUT2D eigenvalue weighted by Crippen LogP contribution is 2.30. The van der Waals surface area contributed by atoms with Crippen molar-refractivity contribution in [1.29, 1.82) is 0 Å². The number of ether oxygens (including phenoxy) is 3. The highest BCUT2D eigenvalue weighted by atomic mass is 35.5. The van der Waals surface area contributed by atoms with Crippen molar-refractivity contribution < 1.29 is 23.8 Å². The molecule has 37 heavy (non-hydrogen) atoms. The zero-order valence-electron chi connectivity index (χ0n) is 20.3. The van der Waals surface area contributed by atoms with Gasteiger partial charge >= 0.3 is 12.1 Å². The number of tetrazole rings is 1. The standard InChI is InChI=1S/C25H25ClN6O5/c1-3-4-9-20-27-22(26)21(24(33)36-15-37-25(34)35-2)32(20)14-16-10-12-17(13-11-16)18-7-5-6-8-19(18)23-28-30-31-29-23/h5-8,10-13H,3-4,9,14-15H2,1-2H3,(H,28,29,30,31). The Kier molecular flexibility index (Phi) is 8.47. The average molecular weight is 525 g/mol. The predicted molar refractivity (Wildman–Crippen MR) is 134 cm³/mol. The van der Waals surface area contributed by atoms with Crippen LogP contribution in [-0.2, 0) is 27.2 Å². The Hall–Kier alpha value is -4.25. The SMILES string of the molecule is CCCCc1nc(Cl)c(C(=O)OCOC(=O)OC)n1Cc1ccc(-c2ccccc2-c2nn[nH]n2)cc1. The summed E-state index contributed by atoms with van der Waals surface area (Å²) in [5, 5.41) is 14.4. The average Bonchev–Trinajstić information content (AvgIpc) is 3.56. The number of aromatic nitrogens is 6. The van der Waals surface area contributed by atoms with E-state index in [0.29, 0.717) is 24.6 Å². The van der Waals surface area contributed by atoms with Crippen molar-refractivity contribution >= 4 is 23.7 Å². The second kappa shape index (κ2) is 12.1. The number of imidazole rings is 1. The Bertz CT molecular complexity index is 1350. The summed E-state index contributed by atoms with van der Waals surface area (Å²) in [6.07, 6.45) is 1.50. The number of hydrogen-bond donors (Lipinski definition) is 1. The monoisotopic (exact) mass is 524 g/mol. The van der Waals surface area contributed by atoms with Crippen LogP contribution in [0.1, 0.15) is 41.6 Å². The number of carbonyl (C=O) groups is 2. The molecule has 2 heterocycles. The van der Waals surface area contributed by atoms with E-state index in [4.69, 9.17) is 16.3 Å². The molecule has 0 unspecified atom stereocenters. The van der Waals surface area contributed by atoms with Crippen molar-refractivity contribution in [3.05, 3.63) is 70.8 Å². The maximum absolute atomic E-state index is 12.8. The van der Waals surface area contributed by atoms with Crippen molar-refractivity contribution in [3.63, 3.8) is 0 Å². The second-order valence-corrected chi connectivity index (χ2v) is 8.34. The van der Waals surface area contributed by atoms with Crippen LogP contribution in [0.2, 0.25) is 5.15 Å². The molecule has 2 aromatic carbocycles. The van der Waals surface area contributed by atoms with Crippen LogP contribution >= 0.6 is 11.6 Å². The Balaban J connectivity index is 1.59. The van der Waals surface area contributed by atoms with E-state index in [9.17, 15) is 9.59 Å². The molecule has 0 aliphatic rings. The van der Waals surface area contributed by atoms with Gasteiger partial charge in [0.25, 0.3) is 0 Å². The Morgan fingerprint density at radius 3 is 2.49 bits per heavy atom. The number of methoxy groups -OCH3 is 1. The van der Waals surface area contributed by atoms with Gasteiger partial charge in [0.15, 0.2) is 10.8 Å². The summed E-state index contributed by atoms with van der Waals surface area (Å²) in [4.78, 5) is 28.4. The van der Waals surface area contributed by atoms with E-state index >= 15 is 0 Å². The zero-order chi connectivity index (χ0) is 26.2. The first-order valence-corrected chi connectivity index (χ1v) is 11.9. The van der Waals surface area contributed by atoms with Crippen LogP contribution in [0.3, 0.4) is 0 Å². The summed E-state index contributed by atoms with van der Waals surface area (Å²) < 4.78 is 15.8. The normalized spacial score (nSPS) is 10.8. The van der Waals surface area contributed by atoms with E-state index in [0.717, 1.165) is 42.2 Å². The van der Waals surface area contributed by atoms with Gasteiger partial charge in [-0.05, 0) is 28.3 Å². The summed E-state index contributed by atoms with van der Waals surface area (Å²) in [6.45, 7) is 1.80. The number of halogens is 1. The van der Waals surface area contributed by atoms with Gasteiger partial charge in [-0.1, -0.05) is 73.5 Å². The van der Waals surface area contributed by atoms with Crippen LogP contribution in [0, 0.1) is 0 Å². The Morgan fingerprint density at radius 1 is 1.05 bits per heavy atom. The minimum atomic E-state index is -0.961. The summed E-state index contributed by atoms with van der Waals surface area (Å²) in [5.41, 5.74) is 3.80. The van der Waals surface area contributed by atoms with Crippen LogP contribution in [0.25, 0.3) is 22.5 Å². The molecule has 12 heteroatoms. The van der Waals surface area contributed by atoms with Gasteiger partial charge in [0.05, 0.1) is 7.11 Å². The lowest BCUT2D eigenvalue weighted by Crippen LogP contribution is -2.18. The number of benzene rings is 2.